The predicted molar refractivity (Wildman–Crippen MR) is 120 cm³/mol. The summed E-state index contributed by atoms with van der Waals surface area (Å²) in [6.07, 6.45) is 1.85. The van der Waals surface area contributed by atoms with E-state index in [0.717, 1.165) is 11.3 Å². The highest BCUT2D eigenvalue weighted by molar-refractivity contribution is 5.81. The Kier molecular flexibility index (Phi) is 4.91. The van der Waals surface area contributed by atoms with Crippen LogP contribution in [0.1, 0.15) is 0 Å². The average molecular weight is 425 g/mol. The second kappa shape index (κ2) is 8.03. The van der Waals surface area contributed by atoms with Gasteiger partial charge in [0.25, 0.3) is 0 Å². The molecule has 5 aromatic rings. The number of hydrogen-bond donors (Lipinski definition) is 1. The molecule has 0 bridgehead atoms. The van der Waals surface area contributed by atoms with Crippen LogP contribution in [0.25, 0.3) is 39.5 Å². The molecule has 0 amide bonds. The van der Waals surface area contributed by atoms with Crippen LogP contribution in [0.15, 0.2) is 91.1 Å². The number of benzene rings is 3. The molecule has 0 saturated heterocycles. The highest BCUT2D eigenvalue weighted by Gasteiger charge is 2.17. The number of halogens is 2. The van der Waals surface area contributed by atoms with Crippen LogP contribution < -0.4 is 5.73 Å². The van der Waals surface area contributed by atoms with E-state index in [-0.39, 0.29) is 17.6 Å². The number of anilines is 1. The lowest BCUT2D eigenvalue weighted by Crippen LogP contribution is -1.99. The van der Waals surface area contributed by atoms with Gasteiger partial charge in [0.15, 0.2) is 0 Å². The van der Waals surface area contributed by atoms with Crippen molar-refractivity contribution in [2.45, 2.75) is 0 Å². The van der Waals surface area contributed by atoms with Gasteiger partial charge in [-0.15, -0.1) is 0 Å². The van der Waals surface area contributed by atoms with Crippen LogP contribution in [0, 0.1) is 11.6 Å². The molecule has 0 aliphatic heterocycles. The smallest absolute Gasteiger partial charge is 0.221 e. The summed E-state index contributed by atoms with van der Waals surface area (Å²) in [5, 5.41) is 4.74. The van der Waals surface area contributed by atoms with Gasteiger partial charge in [-0.25, -0.2) is 23.4 Å². The zero-order chi connectivity index (χ0) is 22.1. The Morgan fingerprint density at radius 3 is 1.94 bits per heavy atom. The zero-order valence-electron chi connectivity index (χ0n) is 16.8. The van der Waals surface area contributed by atoms with Crippen LogP contribution in [-0.4, -0.2) is 19.7 Å². The summed E-state index contributed by atoms with van der Waals surface area (Å²) in [5.41, 5.74) is 10.8. The molecule has 0 atom stereocenters. The minimum absolute atomic E-state index is 0.0827. The van der Waals surface area contributed by atoms with Gasteiger partial charge in [0, 0.05) is 22.9 Å². The Labute approximate surface area is 182 Å². The molecule has 0 spiro atoms. The second-order valence-electron chi connectivity index (χ2n) is 7.18. The summed E-state index contributed by atoms with van der Waals surface area (Å²) < 4.78 is 28.6. The molecule has 7 heteroatoms. The Bertz CT molecular complexity index is 1380. The molecule has 156 valence electrons. The molecule has 5 rings (SSSR count). The van der Waals surface area contributed by atoms with Gasteiger partial charge in [0.1, 0.15) is 17.3 Å². The molecule has 0 aliphatic rings. The molecular formula is C25H17F2N5. The largest absolute Gasteiger partial charge is 0.368 e. The van der Waals surface area contributed by atoms with Crippen LogP contribution in [-0.2, 0) is 0 Å². The lowest BCUT2D eigenvalue weighted by molar-refractivity contribution is 0.627. The van der Waals surface area contributed by atoms with E-state index in [9.17, 15) is 8.78 Å². The molecule has 2 heterocycles. The fraction of sp³-hybridized carbons (Fsp3) is 0. The maximum absolute atomic E-state index is 13.5. The van der Waals surface area contributed by atoms with Crippen LogP contribution in [0.3, 0.4) is 0 Å². The van der Waals surface area contributed by atoms with Gasteiger partial charge in [0.2, 0.25) is 5.95 Å². The van der Waals surface area contributed by atoms with Crippen LogP contribution >= 0.6 is 0 Å². The molecule has 2 aromatic heterocycles. The highest BCUT2D eigenvalue weighted by Crippen LogP contribution is 2.33. The van der Waals surface area contributed by atoms with Gasteiger partial charge in [-0.05, 0) is 66.7 Å². The molecule has 32 heavy (non-hydrogen) atoms. The number of nitrogens with zero attached hydrogens (tertiary/aromatic N) is 4. The summed E-state index contributed by atoms with van der Waals surface area (Å²) in [7, 11) is 0. The van der Waals surface area contributed by atoms with Gasteiger partial charge in [-0.3, -0.25) is 0 Å². The molecule has 0 saturated carbocycles. The fourth-order valence-corrected chi connectivity index (χ4v) is 3.47. The minimum atomic E-state index is -0.335. The number of nitrogens with two attached hydrogens (primary N) is 1. The molecule has 2 N–H and O–H groups in total. The van der Waals surface area contributed by atoms with Crippen molar-refractivity contribution in [1.29, 1.82) is 0 Å². The van der Waals surface area contributed by atoms with Crippen molar-refractivity contribution in [3.63, 3.8) is 0 Å². The number of rotatable bonds is 4. The van der Waals surface area contributed by atoms with Crippen LogP contribution in [0.5, 0.6) is 0 Å². The van der Waals surface area contributed by atoms with Gasteiger partial charge in [0.05, 0.1) is 17.1 Å². The van der Waals surface area contributed by atoms with E-state index >= 15 is 0 Å². The van der Waals surface area contributed by atoms with Crippen molar-refractivity contribution >= 4 is 5.95 Å². The minimum Gasteiger partial charge on any atom is -0.368 e. The topological polar surface area (TPSA) is 69.6 Å². The first-order valence-electron chi connectivity index (χ1n) is 9.89. The summed E-state index contributed by atoms with van der Waals surface area (Å²) in [4.78, 5) is 8.73. The van der Waals surface area contributed by atoms with E-state index in [4.69, 9.17) is 10.8 Å². The predicted octanol–water partition coefficient (Wildman–Crippen LogP) is 5.52. The number of aromatic nitrogens is 4. The summed E-state index contributed by atoms with van der Waals surface area (Å²) in [6.45, 7) is 0. The van der Waals surface area contributed by atoms with Crippen molar-refractivity contribution in [1.82, 2.24) is 19.7 Å². The lowest BCUT2D eigenvalue weighted by Gasteiger charge is -2.07. The number of hydrogen-bond acceptors (Lipinski definition) is 4. The normalized spacial score (nSPS) is 10.9. The van der Waals surface area contributed by atoms with E-state index in [1.165, 1.54) is 24.3 Å². The van der Waals surface area contributed by atoms with Crippen LogP contribution in [0.4, 0.5) is 14.7 Å². The van der Waals surface area contributed by atoms with Gasteiger partial charge in [-0.2, -0.15) is 5.10 Å². The number of nitrogen functional groups attached to an aromatic ring is 1. The Morgan fingerprint density at radius 2 is 1.28 bits per heavy atom. The standard InChI is InChI=1S/C25H17F2N5/c26-18-10-6-16(7-11-18)22-14-23(30-25(28)29-22)21-15-32(20-4-2-1-3-5-20)31-24(21)17-8-12-19(27)13-9-17/h1-15H,(H2,28,29,30). The Balaban J connectivity index is 1.69. The summed E-state index contributed by atoms with van der Waals surface area (Å²) >= 11 is 0. The van der Waals surface area contributed by atoms with Crippen molar-refractivity contribution in [3.05, 3.63) is 103 Å². The average Bonchev–Trinajstić information content (AvgIpc) is 3.26. The van der Waals surface area contributed by atoms with Crippen molar-refractivity contribution in [3.8, 4) is 39.5 Å². The molecule has 0 unspecified atom stereocenters. The number of para-hydroxylation sites is 1. The SMILES string of the molecule is Nc1nc(-c2ccc(F)cc2)cc(-c2cn(-c3ccccc3)nc2-c2ccc(F)cc2)n1. The Morgan fingerprint density at radius 1 is 0.688 bits per heavy atom. The monoisotopic (exact) mass is 425 g/mol. The third kappa shape index (κ3) is 3.83. The van der Waals surface area contributed by atoms with E-state index in [1.54, 1.807) is 35.0 Å². The first-order valence-corrected chi connectivity index (χ1v) is 9.89. The van der Waals surface area contributed by atoms with Crippen LogP contribution in [0.2, 0.25) is 0 Å². The van der Waals surface area contributed by atoms with Gasteiger partial charge >= 0.3 is 0 Å². The molecule has 0 aliphatic carbocycles. The Hall–Kier alpha value is -4.39. The van der Waals surface area contributed by atoms with Gasteiger partial charge < -0.3 is 5.73 Å². The lowest BCUT2D eigenvalue weighted by atomic mass is 10.0. The van der Waals surface area contributed by atoms with E-state index in [2.05, 4.69) is 9.97 Å². The highest BCUT2D eigenvalue weighted by atomic mass is 19.1. The van der Waals surface area contributed by atoms with Crippen molar-refractivity contribution < 1.29 is 8.78 Å². The first-order chi connectivity index (χ1) is 15.6. The van der Waals surface area contributed by atoms with E-state index < -0.39 is 0 Å². The molecule has 3 aromatic carbocycles. The third-order valence-corrected chi connectivity index (χ3v) is 5.01. The first kappa shape index (κ1) is 19.6. The molecule has 0 fully saturated rings. The van der Waals surface area contributed by atoms with E-state index in [0.29, 0.717) is 28.2 Å². The quantitative estimate of drug-likeness (QED) is 0.411. The van der Waals surface area contributed by atoms with Crippen molar-refractivity contribution in [2.75, 3.05) is 5.73 Å². The maximum atomic E-state index is 13.5. The maximum Gasteiger partial charge on any atom is 0.221 e. The van der Waals surface area contributed by atoms with E-state index in [1.807, 2.05) is 36.5 Å². The zero-order valence-corrected chi connectivity index (χ0v) is 16.8. The van der Waals surface area contributed by atoms with Gasteiger partial charge in [-0.1, -0.05) is 18.2 Å². The summed E-state index contributed by atoms with van der Waals surface area (Å²) in [6, 6.07) is 23.5. The third-order valence-electron chi connectivity index (χ3n) is 5.01. The second-order valence-corrected chi connectivity index (χ2v) is 7.18. The molecule has 5 nitrogen and oxygen atoms in total. The van der Waals surface area contributed by atoms with Crippen molar-refractivity contribution in [2.24, 2.45) is 0 Å². The summed E-state index contributed by atoms with van der Waals surface area (Å²) in [5.74, 6) is -0.583. The fourth-order valence-electron chi connectivity index (χ4n) is 3.47. The molecular weight excluding hydrogens is 408 g/mol. The molecule has 0 radical (unpaired) electrons.